The summed E-state index contributed by atoms with van der Waals surface area (Å²) in [4.78, 5) is 32.8. The molecule has 14 heteroatoms. The number of allylic oxidation sites excluding steroid dienone is 1. The quantitative estimate of drug-likeness (QED) is 0.126. The summed E-state index contributed by atoms with van der Waals surface area (Å²) in [5, 5.41) is 1.02. The fourth-order valence-electron chi connectivity index (χ4n) is 4.93. The van der Waals surface area contributed by atoms with Crippen LogP contribution in [0.1, 0.15) is 36.6 Å². The van der Waals surface area contributed by atoms with E-state index in [-0.39, 0.29) is 24.3 Å². The van der Waals surface area contributed by atoms with Gasteiger partial charge in [0.1, 0.15) is 12.4 Å². The van der Waals surface area contributed by atoms with Gasteiger partial charge in [-0.15, -0.1) is 0 Å². The van der Waals surface area contributed by atoms with Crippen LogP contribution in [0.2, 0.25) is 10.0 Å². The lowest BCUT2D eigenvalue weighted by molar-refractivity contribution is -0.139. The molecule has 3 aromatic carbocycles. The molecule has 0 saturated carbocycles. The number of halogens is 5. The molecule has 1 atom stereocenters. The van der Waals surface area contributed by atoms with E-state index in [0.29, 0.717) is 57.9 Å². The van der Waals surface area contributed by atoms with Crippen LogP contribution < -0.4 is 29.1 Å². The van der Waals surface area contributed by atoms with E-state index in [0.717, 1.165) is 13.6 Å². The number of thiazole rings is 1. The minimum atomic E-state index is -0.864. The summed E-state index contributed by atoms with van der Waals surface area (Å²) in [5.74, 6) is 0.929. The third kappa shape index (κ3) is 7.07. The number of hydrogen-bond donors (Lipinski definition) is 0. The van der Waals surface area contributed by atoms with Gasteiger partial charge < -0.3 is 18.9 Å². The van der Waals surface area contributed by atoms with Crippen molar-refractivity contribution < 1.29 is 23.7 Å². The molecular formula is C32H25Br2Cl2IN2O6S. The number of ether oxygens (including phenoxy) is 4. The van der Waals surface area contributed by atoms with Crippen molar-refractivity contribution in [3.63, 3.8) is 0 Å². The van der Waals surface area contributed by atoms with Gasteiger partial charge in [-0.2, -0.15) is 0 Å². The molecule has 1 aliphatic rings. The van der Waals surface area contributed by atoms with E-state index in [1.54, 1.807) is 44.2 Å². The maximum Gasteiger partial charge on any atom is 0.338 e. The molecule has 0 fully saturated rings. The van der Waals surface area contributed by atoms with Crippen molar-refractivity contribution in [3.05, 3.63) is 113 Å². The van der Waals surface area contributed by atoms with Crippen molar-refractivity contribution in [2.75, 3.05) is 20.8 Å². The topological polar surface area (TPSA) is 88.4 Å². The van der Waals surface area contributed by atoms with Gasteiger partial charge in [-0.25, -0.2) is 9.79 Å². The van der Waals surface area contributed by atoms with Crippen LogP contribution in [-0.4, -0.2) is 31.4 Å². The standard InChI is InChI=1S/C32H25Br2Cl2IN2O6S/c1-5-44-31(41)27-15(2)38-32-39(28(27)20-12-24(42-3)25(43-4)13-21(20)34)30(40)26(46-32)9-17-8-18(33)10-23(37)29(17)45-14-16-6-7-19(35)11-22(16)36/h6-13,28H,5,14H2,1-4H3/b26-9-/t28-/m1/s1. The van der Waals surface area contributed by atoms with Gasteiger partial charge in [0.05, 0.1) is 46.2 Å². The first-order valence-electron chi connectivity index (χ1n) is 13.6. The molecule has 0 unspecified atom stereocenters. The molecule has 5 rings (SSSR count). The summed E-state index contributed by atoms with van der Waals surface area (Å²) in [6, 6.07) is 11.6. The SMILES string of the molecule is CCOC(=O)C1=C(C)N=c2s/c(=C\c3cc(Br)cc(I)c3OCc3ccc(Cl)cc3Cl)c(=O)n2[C@@H]1c1cc(OC)c(OC)cc1Br. The number of hydrogen-bond acceptors (Lipinski definition) is 8. The predicted octanol–water partition coefficient (Wildman–Crippen LogP) is 7.83. The van der Waals surface area contributed by atoms with E-state index < -0.39 is 12.0 Å². The minimum absolute atomic E-state index is 0.158. The monoisotopic (exact) mass is 920 g/mol. The molecule has 2 heterocycles. The van der Waals surface area contributed by atoms with E-state index in [4.69, 9.17) is 42.1 Å². The number of carbonyl (C=O) groups excluding carboxylic acids is 1. The van der Waals surface area contributed by atoms with Gasteiger partial charge in [-0.3, -0.25) is 9.36 Å². The highest BCUT2D eigenvalue weighted by atomic mass is 127. The van der Waals surface area contributed by atoms with E-state index in [2.05, 4.69) is 59.4 Å². The van der Waals surface area contributed by atoms with Crippen LogP contribution in [0.25, 0.3) is 6.08 Å². The van der Waals surface area contributed by atoms with Crippen LogP contribution in [0.5, 0.6) is 17.2 Å². The van der Waals surface area contributed by atoms with Gasteiger partial charge in [0.15, 0.2) is 16.3 Å². The average Bonchev–Trinajstić information content (AvgIpc) is 3.30. The van der Waals surface area contributed by atoms with Crippen molar-refractivity contribution in [3.8, 4) is 17.2 Å². The molecule has 8 nitrogen and oxygen atoms in total. The Bertz CT molecular complexity index is 2080. The number of fused-ring (bicyclic) bond motifs is 1. The summed E-state index contributed by atoms with van der Waals surface area (Å²) in [5.41, 5.74) is 2.38. The molecule has 1 aromatic heterocycles. The van der Waals surface area contributed by atoms with Gasteiger partial charge in [0.25, 0.3) is 5.56 Å². The Morgan fingerprint density at radius 3 is 2.50 bits per heavy atom. The highest BCUT2D eigenvalue weighted by Gasteiger charge is 2.35. The number of carbonyl (C=O) groups is 1. The molecule has 1 aliphatic heterocycles. The van der Waals surface area contributed by atoms with Crippen LogP contribution in [-0.2, 0) is 16.1 Å². The fraction of sp³-hybridized carbons (Fsp3) is 0.219. The lowest BCUT2D eigenvalue weighted by atomic mass is 9.95. The maximum atomic E-state index is 14.3. The van der Waals surface area contributed by atoms with Gasteiger partial charge in [-0.05, 0) is 84.5 Å². The first-order chi connectivity index (χ1) is 22.0. The molecule has 0 spiro atoms. The Hall–Kier alpha value is -2.36. The Balaban J connectivity index is 1.69. The Labute approximate surface area is 309 Å². The van der Waals surface area contributed by atoms with E-state index >= 15 is 0 Å². The second kappa shape index (κ2) is 14.8. The molecule has 0 saturated heterocycles. The fourth-order valence-corrected chi connectivity index (χ4v) is 8.68. The zero-order valence-electron chi connectivity index (χ0n) is 24.8. The second-order valence-electron chi connectivity index (χ2n) is 9.86. The largest absolute Gasteiger partial charge is 0.493 e. The van der Waals surface area contributed by atoms with Crippen molar-refractivity contribution in [1.82, 2.24) is 4.57 Å². The van der Waals surface area contributed by atoms with Gasteiger partial charge in [0.2, 0.25) is 0 Å². The normalized spacial score (nSPS) is 14.5. The first kappa shape index (κ1) is 35.0. The molecule has 0 radical (unpaired) electrons. The molecule has 4 aromatic rings. The minimum Gasteiger partial charge on any atom is -0.493 e. The number of methoxy groups -OCH3 is 2. The average molecular weight is 923 g/mol. The van der Waals surface area contributed by atoms with Crippen molar-refractivity contribution in [2.45, 2.75) is 26.5 Å². The molecule has 46 heavy (non-hydrogen) atoms. The Kier molecular flexibility index (Phi) is 11.3. The smallest absolute Gasteiger partial charge is 0.338 e. The summed E-state index contributed by atoms with van der Waals surface area (Å²) in [6.45, 7) is 3.80. The number of nitrogens with zero attached hydrogens (tertiary/aromatic N) is 2. The molecule has 0 aliphatic carbocycles. The third-order valence-corrected chi connectivity index (χ3v) is 10.5. The van der Waals surface area contributed by atoms with Gasteiger partial charge in [0, 0.05) is 30.1 Å². The molecule has 0 amide bonds. The summed E-state index contributed by atoms with van der Waals surface area (Å²) in [6.07, 6.45) is 1.76. The molecule has 0 N–H and O–H groups in total. The zero-order valence-corrected chi connectivity index (χ0v) is 32.4. The van der Waals surface area contributed by atoms with E-state index in [9.17, 15) is 9.59 Å². The Morgan fingerprint density at radius 2 is 1.83 bits per heavy atom. The first-order valence-corrected chi connectivity index (χ1v) is 17.9. The number of rotatable bonds is 9. The molecule has 0 bridgehead atoms. The van der Waals surface area contributed by atoms with Gasteiger partial charge >= 0.3 is 5.97 Å². The highest BCUT2D eigenvalue weighted by Crippen LogP contribution is 2.41. The summed E-state index contributed by atoms with van der Waals surface area (Å²) in [7, 11) is 3.06. The zero-order chi connectivity index (χ0) is 33.3. The van der Waals surface area contributed by atoms with E-state index in [1.165, 1.54) is 30.1 Å². The number of benzene rings is 3. The van der Waals surface area contributed by atoms with Gasteiger partial charge in [-0.1, -0.05) is 72.5 Å². The van der Waals surface area contributed by atoms with Crippen molar-refractivity contribution >= 4 is 101 Å². The lowest BCUT2D eigenvalue weighted by Crippen LogP contribution is -2.40. The highest BCUT2D eigenvalue weighted by molar-refractivity contribution is 14.1. The Morgan fingerprint density at radius 1 is 1.11 bits per heavy atom. The number of aromatic nitrogens is 1. The predicted molar refractivity (Wildman–Crippen MR) is 195 cm³/mol. The van der Waals surface area contributed by atoms with E-state index in [1.807, 2.05) is 18.2 Å². The van der Waals surface area contributed by atoms with Crippen molar-refractivity contribution in [1.29, 1.82) is 0 Å². The number of esters is 1. The maximum absolute atomic E-state index is 14.3. The summed E-state index contributed by atoms with van der Waals surface area (Å²) >= 11 is 23.1. The lowest BCUT2D eigenvalue weighted by Gasteiger charge is -2.26. The second-order valence-corrected chi connectivity index (χ2v) is 14.6. The van der Waals surface area contributed by atoms with Crippen LogP contribution in [0, 0.1) is 3.57 Å². The van der Waals surface area contributed by atoms with Crippen LogP contribution in [0.3, 0.4) is 0 Å². The molecule has 240 valence electrons. The van der Waals surface area contributed by atoms with Crippen LogP contribution >= 0.6 is 89.0 Å². The summed E-state index contributed by atoms with van der Waals surface area (Å²) < 4.78 is 26.9. The molecular weight excluding hydrogens is 898 g/mol. The van der Waals surface area contributed by atoms with Crippen molar-refractivity contribution in [2.24, 2.45) is 4.99 Å². The van der Waals surface area contributed by atoms with Crippen LogP contribution in [0.15, 0.2) is 72.5 Å². The third-order valence-electron chi connectivity index (χ3n) is 7.03. The van der Waals surface area contributed by atoms with Crippen LogP contribution in [0.4, 0.5) is 0 Å².